The van der Waals surface area contributed by atoms with E-state index >= 15 is 0 Å². The smallest absolute Gasteiger partial charge is 0.272 e. The summed E-state index contributed by atoms with van der Waals surface area (Å²) in [6.07, 6.45) is 1.90. The number of fused-ring (bicyclic) bond motifs is 1. The number of nitrogens with one attached hydrogen (secondary N) is 1. The number of anilines is 1. The molecule has 3 heterocycles. The van der Waals surface area contributed by atoms with E-state index in [1.165, 1.54) is 0 Å². The first kappa shape index (κ1) is 21.6. The Bertz CT molecular complexity index is 1370. The van der Waals surface area contributed by atoms with Gasteiger partial charge in [0.2, 0.25) is 5.91 Å². The van der Waals surface area contributed by atoms with Gasteiger partial charge in [0.05, 0.1) is 31.3 Å². The summed E-state index contributed by atoms with van der Waals surface area (Å²) in [6, 6.07) is 15.4. The summed E-state index contributed by atoms with van der Waals surface area (Å²) in [7, 11) is 1.62. The minimum atomic E-state index is -0.160. The van der Waals surface area contributed by atoms with Crippen LogP contribution in [0.1, 0.15) is 36.1 Å². The molecule has 34 heavy (non-hydrogen) atoms. The Kier molecular flexibility index (Phi) is 5.67. The highest BCUT2D eigenvalue weighted by molar-refractivity contribution is 5.95. The first-order valence-corrected chi connectivity index (χ1v) is 11.0. The van der Waals surface area contributed by atoms with Gasteiger partial charge in [0.15, 0.2) is 0 Å². The largest absolute Gasteiger partial charge is 0.497 e. The molecule has 0 radical (unpaired) electrons. The van der Waals surface area contributed by atoms with Crippen molar-refractivity contribution in [2.45, 2.75) is 26.2 Å². The summed E-state index contributed by atoms with van der Waals surface area (Å²) in [5, 5.41) is 16.0. The number of hydrogen-bond acceptors (Lipinski definition) is 7. The molecule has 0 unspecified atom stereocenters. The monoisotopic (exact) mass is 456 g/mol. The Morgan fingerprint density at radius 2 is 1.97 bits per heavy atom. The van der Waals surface area contributed by atoms with Crippen LogP contribution in [0.5, 0.6) is 11.5 Å². The molecular weight excluding hydrogens is 432 g/mol. The maximum Gasteiger partial charge on any atom is 0.272 e. The SMILES string of the molecule is CCOc1cccc([C@H]2CC(=O)Nc3c2c(C)nn3-c2nncc(-c3cccc(OC)c3)n2)c1. The van der Waals surface area contributed by atoms with Crippen molar-refractivity contribution in [2.75, 3.05) is 19.0 Å². The van der Waals surface area contributed by atoms with Gasteiger partial charge in [-0.3, -0.25) is 4.79 Å². The van der Waals surface area contributed by atoms with E-state index in [0.29, 0.717) is 24.5 Å². The van der Waals surface area contributed by atoms with Crippen LogP contribution in [0.3, 0.4) is 0 Å². The van der Waals surface area contributed by atoms with Crippen LogP contribution in [0.25, 0.3) is 17.2 Å². The number of aromatic nitrogens is 5. The van der Waals surface area contributed by atoms with E-state index in [1.807, 2.05) is 62.4 Å². The molecule has 2 aromatic heterocycles. The predicted octanol–water partition coefficient (Wildman–Crippen LogP) is 3.91. The molecule has 1 N–H and O–H groups in total. The van der Waals surface area contributed by atoms with Crippen LogP contribution in [0.4, 0.5) is 5.82 Å². The van der Waals surface area contributed by atoms with E-state index in [-0.39, 0.29) is 17.8 Å². The molecule has 5 rings (SSSR count). The van der Waals surface area contributed by atoms with Gasteiger partial charge in [0.25, 0.3) is 5.95 Å². The zero-order valence-electron chi connectivity index (χ0n) is 19.1. The molecule has 0 saturated carbocycles. The summed E-state index contributed by atoms with van der Waals surface area (Å²) in [6.45, 7) is 4.44. The molecule has 0 fully saturated rings. The average Bonchev–Trinajstić information content (AvgIpc) is 3.20. The zero-order valence-corrected chi connectivity index (χ0v) is 19.1. The van der Waals surface area contributed by atoms with E-state index in [9.17, 15) is 4.79 Å². The lowest BCUT2D eigenvalue weighted by molar-refractivity contribution is -0.116. The minimum Gasteiger partial charge on any atom is -0.497 e. The molecule has 9 heteroatoms. The van der Waals surface area contributed by atoms with Crippen molar-refractivity contribution in [3.05, 3.63) is 71.5 Å². The van der Waals surface area contributed by atoms with Gasteiger partial charge in [-0.25, -0.2) is 4.98 Å². The fourth-order valence-corrected chi connectivity index (χ4v) is 4.27. The van der Waals surface area contributed by atoms with Crippen molar-refractivity contribution >= 4 is 11.7 Å². The van der Waals surface area contributed by atoms with Crippen LogP contribution in [-0.4, -0.2) is 44.6 Å². The summed E-state index contributed by atoms with van der Waals surface area (Å²) < 4.78 is 12.5. The lowest BCUT2D eigenvalue weighted by Crippen LogP contribution is -2.25. The normalized spacial score (nSPS) is 14.9. The molecule has 1 aliphatic rings. The third kappa shape index (κ3) is 3.96. The molecule has 0 spiro atoms. The van der Waals surface area contributed by atoms with Crippen LogP contribution in [0, 0.1) is 6.92 Å². The van der Waals surface area contributed by atoms with Crippen molar-refractivity contribution < 1.29 is 14.3 Å². The quantitative estimate of drug-likeness (QED) is 0.469. The highest BCUT2D eigenvalue weighted by Crippen LogP contribution is 2.40. The summed E-state index contributed by atoms with van der Waals surface area (Å²) in [5.74, 6) is 2.06. The Balaban J connectivity index is 1.58. The predicted molar refractivity (Wildman–Crippen MR) is 126 cm³/mol. The molecule has 1 aliphatic heterocycles. The van der Waals surface area contributed by atoms with Gasteiger partial charge in [-0.05, 0) is 43.7 Å². The molecule has 172 valence electrons. The van der Waals surface area contributed by atoms with Crippen LogP contribution in [-0.2, 0) is 4.79 Å². The van der Waals surface area contributed by atoms with Gasteiger partial charge in [-0.1, -0.05) is 24.3 Å². The van der Waals surface area contributed by atoms with Crippen LogP contribution < -0.4 is 14.8 Å². The van der Waals surface area contributed by atoms with Gasteiger partial charge >= 0.3 is 0 Å². The number of carbonyl (C=O) groups excluding carboxylic acids is 1. The molecule has 9 nitrogen and oxygen atoms in total. The summed E-state index contributed by atoms with van der Waals surface area (Å²) >= 11 is 0. The molecule has 0 bridgehead atoms. The Labute approximate surface area is 196 Å². The van der Waals surface area contributed by atoms with Crippen molar-refractivity contribution in [1.82, 2.24) is 25.0 Å². The number of nitrogens with zero attached hydrogens (tertiary/aromatic N) is 5. The third-order valence-corrected chi connectivity index (χ3v) is 5.78. The lowest BCUT2D eigenvalue weighted by atomic mass is 9.86. The number of amides is 1. The third-order valence-electron chi connectivity index (χ3n) is 5.78. The van der Waals surface area contributed by atoms with Crippen molar-refractivity contribution in [3.63, 3.8) is 0 Å². The van der Waals surface area contributed by atoms with Crippen molar-refractivity contribution in [3.8, 4) is 28.7 Å². The fourth-order valence-electron chi connectivity index (χ4n) is 4.27. The number of benzene rings is 2. The average molecular weight is 457 g/mol. The maximum atomic E-state index is 12.7. The first-order chi connectivity index (χ1) is 16.6. The Morgan fingerprint density at radius 3 is 2.79 bits per heavy atom. The highest BCUT2D eigenvalue weighted by Gasteiger charge is 2.33. The summed E-state index contributed by atoms with van der Waals surface area (Å²) in [5.41, 5.74) is 4.17. The van der Waals surface area contributed by atoms with Gasteiger partial charge in [-0.2, -0.15) is 14.9 Å². The molecular formula is C25H24N6O3. The summed E-state index contributed by atoms with van der Waals surface area (Å²) in [4.78, 5) is 17.4. The molecule has 2 aromatic carbocycles. The Morgan fingerprint density at radius 1 is 1.15 bits per heavy atom. The van der Waals surface area contributed by atoms with Gasteiger partial charge in [0, 0.05) is 23.5 Å². The van der Waals surface area contributed by atoms with Gasteiger partial charge in [-0.15, -0.1) is 5.10 Å². The topological polar surface area (TPSA) is 104 Å². The number of hydrogen-bond donors (Lipinski definition) is 1. The fraction of sp³-hybridized carbons (Fsp3) is 0.240. The molecule has 1 atom stereocenters. The maximum absolute atomic E-state index is 12.7. The number of carbonyl (C=O) groups is 1. The number of methoxy groups -OCH3 is 1. The van der Waals surface area contributed by atoms with Gasteiger partial charge < -0.3 is 14.8 Å². The second-order valence-electron chi connectivity index (χ2n) is 7.94. The van der Waals surface area contributed by atoms with E-state index in [0.717, 1.165) is 33.9 Å². The highest BCUT2D eigenvalue weighted by atomic mass is 16.5. The standard InChI is InChI=1S/C25H24N6O3/c1-4-34-19-10-5-7-16(11-19)20-13-22(32)28-24-23(20)15(2)30-31(24)25-27-21(14-26-29-25)17-8-6-9-18(12-17)33-3/h5-12,14,20H,4,13H2,1-3H3,(H,28,32)/t20-/m1/s1. The van der Waals surface area contributed by atoms with E-state index in [1.54, 1.807) is 18.0 Å². The zero-order chi connectivity index (χ0) is 23.7. The second kappa shape index (κ2) is 8.93. The van der Waals surface area contributed by atoms with E-state index in [4.69, 9.17) is 9.47 Å². The second-order valence-corrected chi connectivity index (χ2v) is 7.94. The number of rotatable bonds is 6. The van der Waals surface area contributed by atoms with Gasteiger partial charge in [0.1, 0.15) is 17.3 Å². The van der Waals surface area contributed by atoms with Crippen molar-refractivity contribution in [2.24, 2.45) is 0 Å². The van der Waals surface area contributed by atoms with Crippen LogP contribution in [0.15, 0.2) is 54.7 Å². The van der Waals surface area contributed by atoms with Crippen LogP contribution in [0.2, 0.25) is 0 Å². The molecule has 4 aromatic rings. The van der Waals surface area contributed by atoms with Crippen LogP contribution >= 0.6 is 0 Å². The molecule has 1 amide bonds. The minimum absolute atomic E-state index is 0.0997. The van der Waals surface area contributed by atoms with E-state index < -0.39 is 0 Å². The first-order valence-electron chi connectivity index (χ1n) is 11.0. The molecule has 0 aliphatic carbocycles. The Hall–Kier alpha value is -4.27. The van der Waals surface area contributed by atoms with E-state index in [2.05, 4.69) is 25.6 Å². The molecule has 0 saturated heterocycles. The number of aryl methyl sites for hydroxylation is 1. The lowest BCUT2D eigenvalue weighted by Gasteiger charge is -2.24. The number of ether oxygens (including phenoxy) is 2. The van der Waals surface area contributed by atoms with Crippen molar-refractivity contribution in [1.29, 1.82) is 0 Å².